The molecule has 14 unspecified atom stereocenters. The molecule has 10 heteroatoms. The van der Waals surface area contributed by atoms with Crippen LogP contribution in [-0.2, 0) is 28.5 Å². The van der Waals surface area contributed by atoms with Crippen molar-refractivity contribution in [3.05, 3.63) is 0 Å². The average Bonchev–Trinajstić information content (AvgIpc) is 3.64. The van der Waals surface area contributed by atoms with E-state index in [2.05, 4.69) is 39.5 Å². The molecule has 2 spiro atoms. The Kier molecular flexibility index (Phi) is 8.52. The number of carbonyl (C=O) groups is 2. The molecule has 3 saturated heterocycles. The van der Waals surface area contributed by atoms with E-state index in [-0.39, 0.29) is 63.3 Å². The van der Waals surface area contributed by atoms with Crippen LogP contribution in [0.4, 0.5) is 0 Å². The second-order valence-corrected chi connectivity index (χ2v) is 20.2. The Morgan fingerprint density at radius 3 is 2.31 bits per heavy atom. The average molecular weight is 715 g/mol. The van der Waals surface area contributed by atoms with Gasteiger partial charge >= 0.3 is 5.97 Å². The number of esters is 1. The zero-order valence-corrected chi connectivity index (χ0v) is 32.8. The highest BCUT2D eigenvalue weighted by Gasteiger charge is 2.84. The molecule has 8 fully saturated rings. The summed E-state index contributed by atoms with van der Waals surface area (Å²) in [5, 5.41) is 23.7. The molecule has 5 aliphatic carbocycles. The Balaban J connectivity index is 0.995. The minimum absolute atomic E-state index is 0.0118. The van der Waals surface area contributed by atoms with Crippen molar-refractivity contribution >= 4 is 11.9 Å². The largest absolute Gasteiger partial charge is 0.457 e. The molecule has 5 saturated carbocycles. The van der Waals surface area contributed by atoms with Crippen molar-refractivity contribution < 1.29 is 38.7 Å². The van der Waals surface area contributed by atoms with Gasteiger partial charge in [-0.3, -0.25) is 14.5 Å². The molecule has 0 radical (unpaired) electrons. The first-order chi connectivity index (χ1) is 23.8. The van der Waals surface area contributed by atoms with E-state index in [0.29, 0.717) is 30.9 Å². The van der Waals surface area contributed by atoms with Crippen LogP contribution in [0.5, 0.6) is 0 Å². The Bertz CT molecular complexity index is 1410. The maximum absolute atomic E-state index is 12.6. The smallest absolute Gasteiger partial charge is 0.303 e. The van der Waals surface area contributed by atoms with Crippen LogP contribution in [0.3, 0.4) is 0 Å². The van der Waals surface area contributed by atoms with E-state index in [1.54, 1.807) is 20.8 Å². The highest BCUT2D eigenvalue weighted by Crippen LogP contribution is 2.89. The third-order valence-corrected chi connectivity index (χ3v) is 17.3. The van der Waals surface area contributed by atoms with Gasteiger partial charge in [0, 0.05) is 44.9 Å². The monoisotopic (exact) mass is 714 g/mol. The molecule has 0 aromatic carbocycles. The van der Waals surface area contributed by atoms with Crippen LogP contribution in [0, 0.1) is 50.7 Å². The van der Waals surface area contributed by atoms with Gasteiger partial charge in [-0.2, -0.15) is 0 Å². The van der Waals surface area contributed by atoms with Gasteiger partial charge in [-0.25, -0.2) is 0 Å². The Hall–Kier alpha value is -1.30. The molecule has 8 aliphatic rings. The number of ether oxygens (including phenoxy) is 4. The molecule has 288 valence electrons. The molecule has 3 aliphatic heterocycles. The Labute approximate surface area is 305 Å². The number of hydrogen-bond acceptors (Lipinski definition) is 9. The first kappa shape index (κ1) is 36.7. The molecule has 0 bridgehead atoms. The van der Waals surface area contributed by atoms with Crippen LogP contribution < -0.4 is 0 Å². The van der Waals surface area contributed by atoms with Gasteiger partial charge in [-0.15, -0.1) is 0 Å². The summed E-state index contributed by atoms with van der Waals surface area (Å²) < 4.78 is 25.7. The summed E-state index contributed by atoms with van der Waals surface area (Å²) >= 11 is 0. The zero-order valence-electron chi connectivity index (χ0n) is 32.8. The number of fused-ring (bicyclic) bond motifs is 4. The van der Waals surface area contributed by atoms with E-state index in [0.717, 1.165) is 51.9 Å². The first-order valence-electron chi connectivity index (χ1n) is 20.3. The van der Waals surface area contributed by atoms with Gasteiger partial charge in [0.05, 0.1) is 43.2 Å². The summed E-state index contributed by atoms with van der Waals surface area (Å²) in [5.41, 5.74) is -1.08. The van der Waals surface area contributed by atoms with Gasteiger partial charge < -0.3 is 34.1 Å². The standard InChI is InChI=1S/C41H66N2O8/c1-23-18-27(35(37(6,7)47)49-25(3)45)50-33-32(23)38(8)14-15-41-22-40(41)13-12-30(36(4,5)28(40)10-11-29(41)39(38,9)34(33)46)51-31-21-42(16-17-48-31)26-19-43(20-26)24(2)44/h23,26-35,46-47H,10-22H2,1-9H3. The second kappa shape index (κ2) is 11.8. The summed E-state index contributed by atoms with van der Waals surface area (Å²) in [6.07, 6.45) is 6.42. The summed E-state index contributed by atoms with van der Waals surface area (Å²) in [6, 6.07) is 0.400. The van der Waals surface area contributed by atoms with Gasteiger partial charge in [-0.1, -0.05) is 34.6 Å². The van der Waals surface area contributed by atoms with Crippen molar-refractivity contribution in [3.63, 3.8) is 0 Å². The lowest BCUT2D eigenvalue weighted by atomic mass is 9.41. The second-order valence-electron chi connectivity index (χ2n) is 20.2. The third kappa shape index (κ3) is 5.07. The third-order valence-electron chi connectivity index (χ3n) is 17.3. The van der Waals surface area contributed by atoms with Gasteiger partial charge in [0.25, 0.3) is 0 Å². The Morgan fingerprint density at radius 2 is 1.65 bits per heavy atom. The fourth-order valence-electron chi connectivity index (χ4n) is 14.8. The topological polar surface area (TPSA) is 118 Å². The van der Waals surface area contributed by atoms with Gasteiger partial charge in [0.1, 0.15) is 0 Å². The van der Waals surface area contributed by atoms with Gasteiger partial charge in [0.15, 0.2) is 12.4 Å². The molecule has 8 rings (SSSR count). The van der Waals surface area contributed by atoms with Crippen LogP contribution >= 0.6 is 0 Å². The summed E-state index contributed by atoms with van der Waals surface area (Å²) in [6.45, 7) is 22.4. The lowest BCUT2D eigenvalue weighted by Crippen LogP contribution is -2.64. The number of likely N-dealkylation sites (tertiary alicyclic amines) is 1. The number of carbonyl (C=O) groups excluding carboxylic acids is 2. The highest BCUT2D eigenvalue weighted by atomic mass is 16.7. The van der Waals surface area contributed by atoms with E-state index >= 15 is 0 Å². The van der Waals surface area contributed by atoms with Crippen molar-refractivity contribution in [3.8, 4) is 0 Å². The van der Waals surface area contributed by atoms with E-state index in [9.17, 15) is 19.8 Å². The molecule has 51 heavy (non-hydrogen) atoms. The maximum Gasteiger partial charge on any atom is 0.303 e. The molecule has 1 amide bonds. The molecule has 2 N–H and O–H groups in total. The number of morpholine rings is 1. The number of nitrogens with zero attached hydrogens (tertiary/aromatic N) is 2. The predicted octanol–water partition coefficient (Wildman–Crippen LogP) is 4.78. The van der Waals surface area contributed by atoms with Crippen LogP contribution in [-0.4, -0.2) is 113 Å². The summed E-state index contributed by atoms with van der Waals surface area (Å²) in [4.78, 5) is 28.3. The van der Waals surface area contributed by atoms with E-state index in [1.807, 2.05) is 4.90 Å². The minimum Gasteiger partial charge on any atom is -0.457 e. The molecule has 14 atom stereocenters. The lowest BCUT2D eigenvalue weighted by Gasteiger charge is -2.64. The van der Waals surface area contributed by atoms with Gasteiger partial charge in [-0.05, 0) is 111 Å². The molecule has 0 aromatic rings. The maximum atomic E-state index is 12.6. The lowest BCUT2D eigenvalue weighted by molar-refractivity contribution is -0.253. The highest BCUT2D eigenvalue weighted by molar-refractivity contribution is 5.74. The van der Waals surface area contributed by atoms with Crippen molar-refractivity contribution in [2.75, 3.05) is 32.8 Å². The molecule has 0 aromatic heterocycles. The number of aliphatic hydroxyl groups excluding tert-OH is 1. The molecule has 10 nitrogen and oxygen atoms in total. The van der Waals surface area contributed by atoms with Crippen LogP contribution in [0.1, 0.15) is 114 Å². The van der Waals surface area contributed by atoms with Crippen molar-refractivity contribution in [1.29, 1.82) is 0 Å². The SMILES string of the molecule is CC(=O)OC(C1CC(C)C2C(O1)C(O)C1(C)C3CCC4C(C)(C)C(OC5CN(C6CN(C(C)=O)C6)CCO5)CCC45CC35CCC21C)C(C)(C)O. The predicted molar refractivity (Wildman–Crippen MR) is 190 cm³/mol. The quantitative estimate of drug-likeness (QED) is 0.375. The van der Waals surface area contributed by atoms with Crippen molar-refractivity contribution in [2.45, 2.75) is 162 Å². The van der Waals surface area contributed by atoms with E-state index < -0.39 is 29.9 Å². The summed E-state index contributed by atoms with van der Waals surface area (Å²) in [5.74, 6) is 1.19. The van der Waals surface area contributed by atoms with Crippen LogP contribution in [0.2, 0.25) is 0 Å². The number of hydrogen-bond donors (Lipinski definition) is 2. The fourth-order valence-corrected chi connectivity index (χ4v) is 14.8. The number of rotatable bonds is 6. The van der Waals surface area contributed by atoms with E-state index in [1.165, 1.54) is 26.2 Å². The molecular formula is C41H66N2O8. The molecular weight excluding hydrogens is 648 g/mol. The van der Waals surface area contributed by atoms with Gasteiger partial charge in [0.2, 0.25) is 5.91 Å². The normalized spacial score (nSPS) is 49.7. The van der Waals surface area contributed by atoms with Crippen LogP contribution in [0.15, 0.2) is 0 Å². The molecule has 3 heterocycles. The fraction of sp³-hybridized carbons (Fsp3) is 0.951. The van der Waals surface area contributed by atoms with E-state index in [4.69, 9.17) is 18.9 Å². The first-order valence-corrected chi connectivity index (χ1v) is 20.3. The summed E-state index contributed by atoms with van der Waals surface area (Å²) in [7, 11) is 0. The van der Waals surface area contributed by atoms with Crippen molar-refractivity contribution in [2.24, 2.45) is 50.7 Å². The van der Waals surface area contributed by atoms with Crippen molar-refractivity contribution in [1.82, 2.24) is 9.80 Å². The zero-order chi connectivity index (χ0) is 36.7. The Morgan fingerprint density at radius 1 is 0.961 bits per heavy atom. The number of aliphatic hydroxyl groups is 2. The van der Waals surface area contributed by atoms with Crippen LogP contribution in [0.25, 0.3) is 0 Å². The number of amides is 1. The minimum atomic E-state index is -1.26.